The molecule has 0 bridgehead atoms. The van der Waals surface area contributed by atoms with E-state index in [0.29, 0.717) is 26.9 Å². The molecule has 0 aliphatic carbocycles. The molecular weight excluding hydrogens is 612 g/mol. The first-order valence-electron chi connectivity index (χ1n) is 11.9. The van der Waals surface area contributed by atoms with Crippen molar-refractivity contribution in [1.29, 1.82) is 0 Å². The Morgan fingerprint density at radius 1 is 1.07 bits per heavy atom. The largest absolute Gasteiger partial charge is 0.491 e. The third-order valence-corrected chi connectivity index (χ3v) is 7.61. The van der Waals surface area contributed by atoms with Crippen molar-refractivity contribution in [2.45, 2.75) is 25.8 Å². The maximum atomic E-state index is 13.8. The molecule has 5 rings (SSSR count). The molecule has 0 saturated carbocycles. The average Bonchev–Trinajstić information content (AvgIpc) is 3.34. The van der Waals surface area contributed by atoms with Gasteiger partial charge < -0.3 is 9.84 Å². The summed E-state index contributed by atoms with van der Waals surface area (Å²) >= 11 is 7.37. The maximum Gasteiger partial charge on any atom is 0.417 e. The van der Waals surface area contributed by atoms with Crippen LogP contribution in [-0.4, -0.2) is 32.2 Å². The minimum absolute atomic E-state index is 0.0144. The number of nitrogens with zero attached hydrogens (tertiary/aromatic N) is 3. The van der Waals surface area contributed by atoms with Gasteiger partial charge in [0, 0.05) is 27.7 Å². The Labute approximate surface area is 240 Å². The number of rotatable bonds is 6. The van der Waals surface area contributed by atoms with Gasteiger partial charge >= 0.3 is 18.3 Å². The highest BCUT2D eigenvalue weighted by molar-refractivity contribution is 7.18. The van der Waals surface area contributed by atoms with Gasteiger partial charge in [0.1, 0.15) is 18.2 Å². The lowest BCUT2D eigenvalue weighted by molar-refractivity contribution is -0.142. The van der Waals surface area contributed by atoms with Crippen molar-refractivity contribution >= 4 is 50.0 Å². The van der Waals surface area contributed by atoms with Crippen molar-refractivity contribution in [2.24, 2.45) is 0 Å². The number of pyridine rings is 1. The number of carbonyl (C=O) groups is 1. The van der Waals surface area contributed by atoms with Crippen molar-refractivity contribution in [2.75, 3.05) is 6.61 Å². The van der Waals surface area contributed by atoms with Crippen LogP contribution in [0.5, 0.6) is 5.75 Å². The highest BCUT2D eigenvalue weighted by Gasteiger charge is 2.39. The van der Waals surface area contributed by atoms with Gasteiger partial charge in [0.25, 0.3) is 5.56 Å². The molecule has 7 nitrogen and oxygen atoms in total. The minimum Gasteiger partial charge on any atom is -0.491 e. The fraction of sp³-hybridized carbons (Fsp3) is 0.185. The number of alkyl halides is 6. The molecule has 0 aliphatic rings. The van der Waals surface area contributed by atoms with E-state index in [0.717, 1.165) is 15.9 Å². The molecule has 218 valence electrons. The van der Waals surface area contributed by atoms with E-state index in [1.807, 2.05) is 0 Å². The van der Waals surface area contributed by atoms with E-state index in [9.17, 15) is 41.0 Å². The molecule has 3 aromatic heterocycles. The van der Waals surface area contributed by atoms with Gasteiger partial charge in [0.15, 0.2) is 0 Å². The Morgan fingerprint density at radius 2 is 1.81 bits per heavy atom. The van der Waals surface area contributed by atoms with Crippen molar-refractivity contribution < 1.29 is 41.0 Å². The highest BCUT2D eigenvalue weighted by atomic mass is 35.5. The lowest BCUT2D eigenvalue weighted by Crippen LogP contribution is -2.28. The van der Waals surface area contributed by atoms with Crippen LogP contribution < -0.4 is 10.3 Å². The summed E-state index contributed by atoms with van der Waals surface area (Å²) in [7, 11) is 0. The predicted octanol–water partition coefficient (Wildman–Crippen LogP) is 7.45. The fourth-order valence-electron chi connectivity index (χ4n) is 4.49. The molecule has 0 fully saturated rings. The SMILES string of the molecule is Cc1nc2cc(C(F)(F)F)cc(C(F)(F)F)c2c(=O)n1CCOc1ccc(Cl)cc1-c1ccnc2c(C(=O)O)csc12. The number of ether oxygens (including phenoxy) is 1. The molecule has 0 amide bonds. The van der Waals surface area contributed by atoms with Crippen LogP contribution in [0.25, 0.3) is 32.2 Å². The molecule has 3 heterocycles. The molecule has 0 atom stereocenters. The number of aryl methyl sites for hydroxylation is 1. The number of carboxylic acid groups (broad SMARTS) is 1. The van der Waals surface area contributed by atoms with Gasteiger partial charge in [-0.2, -0.15) is 26.3 Å². The predicted molar refractivity (Wildman–Crippen MR) is 143 cm³/mol. The summed E-state index contributed by atoms with van der Waals surface area (Å²) in [6.45, 7) is 0.748. The second kappa shape index (κ2) is 10.6. The van der Waals surface area contributed by atoms with Gasteiger partial charge in [0.2, 0.25) is 0 Å². The van der Waals surface area contributed by atoms with E-state index in [1.54, 1.807) is 12.1 Å². The molecule has 0 unspecified atom stereocenters. The standard InChI is InChI=1S/C27H16ClF6N3O4S/c1-12-36-19-9-13(26(29,30)31)8-18(27(32,33)34)21(19)24(38)37(12)6-7-41-20-3-2-14(28)10-16(20)15-4-5-35-22-17(25(39)40)11-42-23(15)22/h2-5,8-11H,6-7H2,1H3,(H,39,40). The topological polar surface area (TPSA) is 94.3 Å². The number of thiophene rings is 1. The van der Waals surface area contributed by atoms with Crippen molar-refractivity contribution in [3.8, 4) is 16.9 Å². The number of fused-ring (bicyclic) bond motifs is 2. The second-order valence-corrected chi connectivity index (χ2v) is 10.3. The molecular formula is C27H16ClF6N3O4S. The molecule has 2 aromatic carbocycles. The molecule has 15 heteroatoms. The Kier molecular flexibility index (Phi) is 7.39. The summed E-state index contributed by atoms with van der Waals surface area (Å²) in [5.74, 6) is -1.00. The number of hydrogen-bond acceptors (Lipinski definition) is 6. The number of benzene rings is 2. The summed E-state index contributed by atoms with van der Waals surface area (Å²) in [4.78, 5) is 32.8. The van der Waals surface area contributed by atoms with Crippen LogP contribution in [-0.2, 0) is 18.9 Å². The van der Waals surface area contributed by atoms with Crippen LogP contribution in [0.1, 0.15) is 27.3 Å². The zero-order valence-corrected chi connectivity index (χ0v) is 22.7. The summed E-state index contributed by atoms with van der Waals surface area (Å²) in [6.07, 6.45) is -8.91. The number of aromatic carboxylic acids is 1. The molecule has 0 radical (unpaired) electrons. The normalized spacial score (nSPS) is 12.3. The Hall–Kier alpha value is -4.17. The van der Waals surface area contributed by atoms with Gasteiger partial charge in [0.05, 0.1) is 44.4 Å². The summed E-state index contributed by atoms with van der Waals surface area (Å²) in [5.41, 5.74) is -3.91. The first-order chi connectivity index (χ1) is 19.7. The zero-order valence-electron chi connectivity index (χ0n) is 21.1. The van der Waals surface area contributed by atoms with Crippen molar-refractivity contribution in [3.05, 3.63) is 85.9 Å². The van der Waals surface area contributed by atoms with E-state index < -0.39 is 45.9 Å². The quantitative estimate of drug-likeness (QED) is 0.197. The van der Waals surface area contributed by atoms with E-state index in [-0.39, 0.29) is 41.9 Å². The van der Waals surface area contributed by atoms with E-state index in [4.69, 9.17) is 16.3 Å². The molecule has 0 aliphatic heterocycles. The van der Waals surface area contributed by atoms with Gasteiger partial charge in [-0.15, -0.1) is 11.3 Å². The summed E-state index contributed by atoms with van der Waals surface area (Å²) in [6, 6.07) is 6.59. The number of aromatic nitrogens is 3. The summed E-state index contributed by atoms with van der Waals surface area (Å²) in [5, 5.41) is 10.2. The van der Waals surface area contributed by atoms with Crippen LogP contribution in [0.4, 0.5) is 26.3 Å². The second-order valence-electron chi connectivity index (χ2n) is 9.01. The van der Waals surface area contributed by atoms with Gasteiger partial charge in [-0.3, -0.25) is 14.3 Å². The van der Waals surface area contributed by atoms with E-state index in [1.165, 1.54) is 30.6 Å². The fourth-order valence-corrected chi connectivity index (χ4v) is 5.69. The first kappa shape index (κ1) is 29.3. The Balaban J connectivity index is 1.52. The number of carboxylic acids is 1. The monoisotopic (exact) mass is 627 g/mol. The minimum atomic E-state index is -5.25. The maximum absolute atomic E-state index is 13.8. The molecule has 0 spiro atoms. The Bertz CT molecular complexity index is 1930. The van der Waals surface area contributed by atoms with Gasteiger partial charge in [-0.1, -0.05) is 11.6 Å². The van der Waals surface area contributed by atoms with Gasteiger partial charge in [-0.25, -0.2) is 9.78 Å². The smallest absolute Gasteiger partial charge is 0.417 e. The third kappa shape index (κ3) is 5.39. The lowest BCUT2D eigenvalue weighted by atomic mass is 10.0. The Morgan fingerprint density at radius 3 is 2.48 bits per heavy atom. The van der Waals surface area contributed by atoms with Crippen LogP contribution in [0, 0.1) is 6.92 Å². The van der Waals surface area contributed by atoms with Crippen molar-refractivity contribution in [1.82, 2.24) is 14.5 Å². The van der Waals surface area contributed by atoms with E-state index >= 15 is 0 Å². The number of hydrogen-bond donors (Lipinski definition) is 1. The van der Waals surface area contributed by atoms with E-state index in [2.05, 4.69) is 9.97 Å². The van der Waals surface area contributed by atoms with Crippen LogP contribution in [0.2, 0.25) is 5.02 Å². The lowest BCUT2D eigenvalue weighted by Gasteiger charge is -2.17. The third-order valence-electron chi connectivity index (χ3n) is 6.37. The first-order valence-corrected chi connectivity index (χ1v) is 13.1. The van der Waals surface area contributed by atoms with Crippen LogP contribution in [0.15, 0.2) is 52.8 Å². The molecule has 5 aromatic rings. The highest BCUT2D eigenvalue weighted by Crippen LogP contribution is 2.40. The zero-order chi connectivity index (χ0) is 30.6. The van der Waals surface area contributed by atoms with Gasteiger partial charge in [-0.05, 0) is 43.3 Å². The average molecular weight is 628 g/mol. The molecule has 42 heavy (non-hydrogen) atoms. The van der Waals surface area contributed by atoms with Crippen molar-refractivity contribution in [3.63, 3.8) is 0 Å². The summed E-state index contributed by atoms with van der Waals surface area (Å²) < 4.78 is 88.4. The van der Waals surface area contributed by atoms with Crippen LogP contribution in [0.3, 0.4) is 0 Å². The molecule has 1 N–H and O–H groups in total. The molecule has 0 saturated heterocycles. The number of halogens is 7. The van der Waals surface area contributed by atoms with Crippen LogP contribution >= 0.6 is 22.9 Å².